The molecule has 252 valence electrons. The van der Waals surface area contributed by atoms with Gasteiger partial charge in [0.05, 0.1) is 11.4 Å². The van der Waals surface area contributed by atoms with Gasteiger partial charge in [0.2, 0.25) is 0 Å². The van der Waals surface area contributed by atoms with Crippen LogP contribution in [0.1, 0.15) is 25.0 Å². The van der Waals surface area contributed by atoms with Gasteiger partial charge in [-0.15, -0.1) is 11.3 Å². The highest BCUT2D eigenvalue weighted by Gasteiger charge is 2.37. The van der Waals surface area contributed by atoms with Gasteiger partial charge < -0.3 is 4.90 Å². The van der Waals surface area contributed by atoms with Crippen molar-refractivity contribution in [1.82, 2.24) is 0 Å². The maximum atomic E-state index is 2.52. The molecule has 0 N–H and O–H groups in total. The first-order valence-electron chi connectivity index (χ1n) is 18.4. The van der Waals surface area contributed by atoms with E-state index in [1.54, 1.807) is 0 Å². The lowest BCUT2D eigenvalue weighted by Gasteiger charge is -2.31. The summed E-state index contributed by atoms with van der Waals surface area (Å²) in [5, 5.41) is 2.56. The quantitative estimate of drug-likeness (QED) is 0.167. The predicted molar refractivity (Wildman–Crippen MR) is 228 cm³/mol. The van der Waals surface area contributed by atoms with Crippen LogP contribution in [0, 0.1) is 0 Å². The van der Waals surface area contributed by atoms with Gasteiger partial charge in [-0.3, -0.25) is 0 Å². The summed E-state index contributed by atoms with van der Waals surface area (Å²) in [5.41, 5.74) is 16.0. The molecule has 0 fully saturated rings. The maximum absolute atomic E-state index is 2.52. The van der Waals surface area contributed by atoms with Crippen LogP contribution in [0.15, 0.2) is 188 Å². The van der Waals surface area contributed by atoms with E-state index >= 15 is 0 Å². The van der Waals surface area contributed by atoms with Crippen LogP contribution >= 0.6 is 11.3 Å². The highest BCUT2D eigenvalue weighted by atomic mass is 32.1. The zero-order valence-electron chi connectivity index (χ0n) is 29.8. The summed E-state index contributed by atoms with van der Waals surface area (Å²) in [5.74, 6) is 0. The average Bonchev–Trinajstić information content (AvgIpc) is 3.71. The molecule has 1 nitrogen and oxygen atoms in total. The Hall–Kier alpha value is -6.22. The van der Waals surface area contributed by atoms with E-state index in [4.69, 9.17) is 0 Å². The lowest BCUT2D eigenvalue weighted by Crippen LogP contribution is -2.15. The topological polar surface area (TPSA) is 3.24 Å². The van der Waals surface area contributed by atoms with Gasteiger partial charge >= 0.3 is 0 Å². The molecule has 53 heavy (non-hydrogen) atoms. The molecule has 9 aromatic rings. The fourth-order valence-corrected chi connectivity index (χ4v) is 9.74. The highest BCUT2D eigenvalue weighted by Crippen LogP contribution is 2.56. The van der Waals surface area contributed by atoms with Crippen LogP contribution in [0.4, 0.5) is 17.1 Å². The average molecular weight is 696 g/mol. The molecule has 1 aromatic heterocycles. The third-order valence-corrected chi connectivity index (χ3v) is 12.2. The summed E-state index contributed by atoms with van der Waals surface area (Å²) in [6.45, 7) is 4.74. The van der Waals surface area contributed by atoms with Gasteiger partial charge in [-0.2, -0.15) is 0 Å². The lowest BCUT2D eigenvalue weighted by molar-refractivity contribution is 0.660. The first-order chi connectivity index (χ1) is 26.1. The van der Waals surface area contributed by atoms with Crippen molar-refractivity contribution in [3.8, 4) is 44.5 Å². The zero-order chi connectivity index (χ0) is 35.5. The lowest BCUT2D eigenvalue weighted by atomic mass is 9.81. The van der Waals surface area contributed by atoms with Crippen LogP contribution in [0.3, 0.4) is 0 Å². The molecule has 0 saturated carbocycles. The predicted octanol–water partition coefficient (Wildman–Crippen LogP) is 14.8. The molecule has 10 rings (SSSR count). The van der Waals surface area contributed by atoms with Gasteiger partial charge in [-0.05, 0) is 86.5 Å². The van der Waals surface area contributed by atoms with E-state index in [0.717, 1.165) is 11.4 Å². The molecule has 0 atom stereocenters. The van der Waals surface area contributed by atoms with Crippen molar-refractivity contribution in [3.63, 3.8) is 0 Å². The molecule has 0 bridgehead atoms. The maximum Gasteiger partial charge on any atom is 0.0555 e. The number of benzene rings is 8. The molecule has 8 aromatic carbocycles. The molecule has 0 radical (unpaired) electrons. The Morgan fingerprint density at radius 1 is 0.396 bits per heavy atom. The number of nitrogens with zero attached hydrogens (tertiary/aromatic N) is 1. The highest BCUT2D eigenvalue weighted by molar-refractivity contribution is 7.26. The standard InChI is InChI=1S/C51H37NS/c1-51(2)42-24-11-9-20-39(42)48-41(23-13-25-43(48)51)49-38(36-18-7-4-8-19-36)22-14-26-44(49)52(37-32-30-35(31-33-37)34-16-5-3-6-17-34)45-27-15-29-47-50(45)40-21-10-12-28-46(40)53-47/h3-33H,1-2H3. The van der Waals surface area contributed by atoms with E-state index in [1.165, 1.54) is 81.5 Å². The second kappa shape index (κ2) is 12.5. The molecule has 0 unspecified atom stereocenters. The number of hydrogen-bond acceptors (Lipinski definition) is 2. The third-order valence-electron chi connectivity index (χ3n) is 11.1. The summed E-state index contributed by atoms with van der Waals surface area (Å²) in [7, 11) is 0. The van der Waals surface area contributed by atoms with Gasteiger partial charge in [0.1, 0.15) is 0 Å². The molecule has 0 amide bonds. The first kappa shape index (κ1) is 31.5. The van der Waals surface area contributed by atoms with Crippen LogP contribution < -0.4 is 4.90 Å². The molecule has 1 aliphatic carbocycles. The summed E-state index contributed by atoms with van der Waals surface area (Å²) in [6, 6.07) is 69.1. The van der Waals surface area contributed by atoms with Gasteiger partial charge in [0.25, 0.3) is 0 Å². The zero-order valence-corrected chi connectivity index (χ0v) is 30.6. The number of rotatable bonds is 6. The van der Waals surface area contributed by atoms with E-state index in [0.29, 0.717) is 0 Å². The monoisotopic (exact) mass is 695 g/mol. The minimum absolute atomic E-state index is 0.113. The smallest absolute Gasteiger partial charge is 0.0555 e. The molecule has 0 spiro atoms. The Bertz CT molecular complexity index is 2790. The largest absolute Gasteiger partial charge is 0.309 e. The fourth-order valence-electron chi connectivity index (χ4n) is 8.61. The Labute approximate surface area is 315 Å². The molecule has 1 aliphatic rings. The summed E-state index contributed by atoms with van der Waals surface area (Å²) in [6.07, 6.45) is 0. The summed E-state index contributed by atoms with van der Waals surface area (Å²) < 4.78 is 2.58. The molecule has 1 heterocycles. The SMILES string of the molecule is CC1(C)c2ccccc2-c2c(-c3c(-c4ccccc4)cccc3N(c3ccc(-c4ccccc4)cc3)c3cccc4sc5ccccc5c34)cccc21. The van der Waals surface area contributed by atoms with E-state index < -0.39 is 0 Å². The van der Waals surface area contributed by atoms with Crippen LogP contribution in [-0.2, 0) is 5.41 Å². The first-order valence-corrected chi connectivity index (χ1v) is 19.2. The van der Waals surface area contributed by atoms with Crippen molar-refractivity contribution in [2.75, 3.05) is 4.90 Å². The van der Waals surface area contributed by atoms with Crippen molar-refractivity contribution in [2.24, 2.45) is 0 Å². The number of fused-ring (bicyclic) bond motifs is 6. The van der Waals surface area contributed by atoms with E-state index in [-0.39, 0.29) is 5.41 Å². The molecular formula is C51H37NS. The van der Waals surface area contributed by atoms with Gasteiger partial charge in [-0.25, -0.2) is 0 Å². The summed E-state index contributed by atoms with van der Waals surface area (Å²) in [4.78, 5) is 2.52. The normalized spacial score (nSPS) is 12.9. The van der Waals surface area contributed by atoms with Gasteiger partial charge in [0, 0.05) is 36.8 Å². The van der Waals surface area contributed by atoms with Crippen molar-refractivity contribution >= 4 is 48.6 Å². The minimum Gasteiger partial charge on any atom is -0.309 e. The number of anilines is 3. The van der Waals surface area contributed by atoms with E-state index in [2.05, 4.69) is 207 Å². The number of hydrogen-bond donors (Lipinski definition) is 0. The van der Waals surface area contributed by atoms with E-state index in [9.17, 15) is 0 Å². The summed E-state index contributed by atoms with van der Waals surface area (Å²) >= 11 is 1.87. The second-order valence-corrected chi connectivity index (χ2v) is 15.5. The van der Waals surface area contributed by atoms with Crippen LogP contribution in [0.25, 0.3) is 64.7 Å². The van der Waals surface area contributed by atoms with Crippen LogP contribution in [0.5, 0.6) is 0 Å². The minimum atomic E-state index is -0.113. The fraction of sp³-hybridized carbons (Fsp3) is 0.0588. The van der Waals surface area contributed by atoms with Gasteiger partial charge in [0.15, 0.2) is 0 Å². The van der Waals surface area contributed by atoms with Crippen LogP contribution in [0.2, 0.25) is 0 Å². The molecule has 2 heteroatoms. The molecule has 0 aliphatic heterocycles. The van der Waals surface area contributed by atoms with Crippen molar-refractivity contribution < 1.29 is 0 Å². The Kier molecular flexibility index (Phi) is 7.42. The molecule has 0 saturated heterocycles. The Balaban J connectivity index is 1.31. The van der Waals surface area contributed by atoms with Gasteiger partial charge in [-0.1, -0.05) is 166 Å². The van der Waals surface area contributed by atoms with Crippen LogP contribution in [-0.4, -0.2) is 0 Å². The second-order valence-electron chi connectivity index (χ2n) is 14.5. The van der Waals surface area contributed by atoms with Crippen molar-refractivity contribution in [3.05, 3.63) is 199 Å². The number of thiophene rings is 1. The Morgan fingerprint density at radius 2 is 0.962 bits per heavy atom. The Morgan fingerprint density at radius 3 is 1.77 bits per heavy atom. The molecular weight excluding hydrogens is 659 g/mol. The van der Waals surface area contributed by atoms with Crippen molar-refractivity contribution in [1.29, 1.82) is 0 Å². The van der Waals surface area contributed by atoms with Crippen molar-refractivity contribution in [2.45, 2.75) is 19.3 Å². The van der Waals surface area contributed by atoms with E-state index in [1.807, 2.05) is 11.3 Å². The third kappa shape index (κ3) is 5.05.